The molecular weight excluding hydrogens is 460 g/mol. The van der Waals surface area contributed by atoms with Crippen molar-refractivity contribution < 1.29 is 14.3 Å². The first-order chi connectivity index (χ1) is 17.5. The minimum absolute atomic E-state index is 0.0448. The van der Waals surface area contributed by atoms with Gasteiger partial charge in [-0.1, -0.05) is 31.0 Å². The van der Waals surface area contributed by atoms with Crippen molar-refractivity contribution >= 4 is 22.7 Å². The fourth-order valence-electron chi connectivity index (χ4n) is 4.09. The molecule has 0 fully saturated rings. The van der Waals surface area contributed by atoms with Crippen molar-refractivity contribution in [3.05, 3.63) is 55.0 Å². The Morgan fingerprint density at radius 1 is 1.17 bits per heavy atom. The third-order valence-electron chi connectivity index (χ3n) is 5.97. The van der Waals surface area contributed by atoms with Crippen molar-refractivity contribution in [3.8, 4) is 17.1 Å². The summed E-state index contributed by atoms with van der Waals surface area (Å²) < 4.78 is 7.16. The number of fused-ring (bicyclic) bond motifs is 1. The van der Waals surface area contributed by atoms with Gasteiger partial charge in [0, 0.05) is 24.3 Å². The Morgan fingerprint density at radius 2 is 1.97 bits per heavy atom. The fraction of sp³-hybridized carbons (Fsp3) is 0.360. The summed E-state index contributed by atoms with van der Waals surface area (Å²) in [5.41, 5.74) is 7.70. The normalized spacial score (nSPS) is 11.9. The smallest absolute Gasteiger partial charge is 0.240 e. The SMILES string of the molecule is COc1nc2ccccc2cc1-c1cnc(C(CCCCCC(N)=O)CNC(=O)Cn2cnnc2)[nH]1. The molecule has 0 saturated heterocycles. The van der Waals surface area contributed by atoms with Gasteiger partial charge in [0.1, 0.15) is 25.0 Å². The Bertz CT molecular complexity index is 1300. The van der Waals surface area contributed by atoms with Crippen LogP contribution in [0.2, 0.25) is 0 Å². The standard InChI is InChI=1S/C25H30N8O3/c1-36-25-19(11-17-7-5-6-9-20(17)32-25)21-13-28-24(31-21)18(8-3-2-4-10-22(26)34)12-27-23(35)14-33-15-29-30-16-33/h5-7,9,11,13,15-16,18H,2-4,8,10,12,14H2,1H3,(H2,26,34)(H,27,35)(H,28,31). The van der Waals surface area contributed by atoms with Crippen LogP contribution in [0.15, 0.2) is 49.2 Å². The maximum atomic E-state index is 12.4. The van der Waals surface area contributed by atoms with Crippen LogP contribution in [-0.4, -0.2) is 55.2 Å². The maximum absolute atomic E-state index is 12.4. The lowest BCUT2D eigenvalue weighted by molar-refractivity contribution is -0.121. The molecule has 4 rings (SSSR count). The highest BCUT2D eigenvalue weighted by Gasteiger charge is 2.19. The van der Waals surface area contributed by atoms with E-state index in [9.17, 15) is 9.59 Å². The average Bonchev–Trinajstić information content (AvgIpc) is 3.57. The zero-order valence-electron chi connectivity index (χ0n) is 20.2. The van der Waals surface area contributed by atoms with Gasteiger partial charge in [0.2, 0.25) is 17.7 Å². The number of unbranched alkanes of at least 4 members (excludes halogenated alkanes) is 2. The molecule has 0 radical (unpaired) electrons. The number of hydrogen-bond donors (Lipinski definition) is 3. The number of nitrogens with one attached hydrogen (secondary N) is 2. The highest BCUT2D eigenvalue weighted by atomic mass is 16.5. The predicted molar refractivity (Wildman–Crippen MR) is 134 cm³/mol. The van der Waals surface area contributed by atoms with Crippen molar-refractivity contribution in [2.45, 2.75) is 44.6 Å². The Kier molecular flexibility index (Phi) is 8.22. The molecule has 2 amide bonds. The third kappa shape index (κ3) is 6.44. The van der Waals surface area contributed by atoms with Gasteiger partial charge in [0.15, 0.2) is 0 Å². The van der Waals surface area contributed by atoms with Gasteiger partial charge in [-0.25, -0.2) is 9.97 Å². The Morgan fingerprint density at radius 3 is 2.75 bits per heavy atom. The van der Waals surface area contributed by atoms with Gasteiger partial charge >= 0.3 is 0 Å². The molecule has 3 heterocycles. The van der Waals surface area contributed by atoms with Crippen molar-refractivity contribution in [2.24, 2.45) is 5.73 Å². The number of primary amides is 1. The number of imidazole rings is 1. The monoisotopic (exact) mass is 490 g/mol. The quantitative estimate of drug-likeness (QED) is 0.243. The number of carbonyl (C=O) groups excluding carboxylic acids is 2. The lowest BCUT2D eigenvalue weighted by Crippen LogP contribution is -2.31. The number of ether oxygens (including phenoxy) is 1. The van der Waals surface area contributed by atoms with Crippen molar-refractivity contribution in [1.29, 1.82) is 0 Å². The molecule has 1 unspecified atom stereocenters. The van der Waals surface area contributed by atoms with Gasteiger partial charge in [0.25, 0.3) is 0 Å². The summed E-state index contributed by atoms with van der Waals surface area (Å²) in [5.74, 6) is 0.799. The molecule has 0 aliphatic carbocycles. The largest absolute Gasteiger partial charge is 0.480 e. The fourth-order valence-corrected chi connectivity index (χ4v) is 4.09. The van der Waals surface area contributed by atoms with Gasteiger partial charge in [-0.15, -0.1) is 10.2 Å². The molecule has 1 aromatic carbocycles. The summed E-state index contributed by atoms with van der Waals surface area (Å²) in [6.07, 6.45) is 8.40. The highest BCUT2D eigenvalue weighted by molar-refractivity contribution is 5.85. The summed E-state index contributed by atoms with van der Waals surface area (Å²) in [6.45, 7) is 0.554. The second-order valence-corrected chi connectivity index (χ2v) is 8.62. The van der Waals surface area contributed by atoms with Gasteiger partial charge in [-0.2, -0.15) is 0 Å². The van der Waals surface area contributed by atoms with E-state index in [2.05, 4.69) is 30.5 Å². The van der Waals surface area contributed by atoms with E-state index >= 15 is 0 Å². The van der Waals surface area contributed by atoms with Gasteiger partial charge in [-0.05, 0) is 25.0 Å². The first kappa shape index (κ1) is 24.8. The second-order valence-electron chi connectivity index (χ2n) is 8.62. The van der Waals surface area contributed by atoms with E-state index < -0.39 is 0 Å². The number of carbonyl (C=O) groups is 2. The number of nitrogens with two attached hydrogens (primary N) is 1. The first-order valence-electron chi connectivity index (χ1n) is 11.9. The lowest BCUT2D eigenvalue weighted by atomic mass is 9.99. The highest BCUT2D eigenvalue weighted by Crippen LogP contribution is 2.32. The summed E-state index contributed by atoms with van der Waals surface area (Å²) >= 11 is 0. The zero-order chi connectivity index (χ0) is 25.3. The Hall–Kier alpha value is -4.28. The molecule has 188 valence electrons. The summed E-state index contributed by atoms with van der Waals surface area (Å²) in [5, 5.41) is 11.4. The van der Waals surface area contributed by atoms with Crippen LogP contribution >= 0.6 is 0 Å². The maximum Gasteiger partial charge on any atom is 0.240 e. The molecule has 1 atom stereocenters. The van der Waals surface area contributed by atoms with E-state index in [-0.39, 0.29) is 24.3 Å². The molecule has 3 aromatic heterocycles. The van der Waals surface area contributed by atoms with E-state index in [0.29, 0.717) is 18.8 Å². The van der Waals surface area contributed by atoms with Crippen LogP contribution in [0, 0.1) is 0 Å². The van der Waals surface area contributed by atoms with E-state index in [4.69, 9.17) is 10.5 Å². The third-order valence-corrected chi connectivity index (χ3v) is 5.97. The zero-order valence-corrected chi connectivity index (χ0v) is 20.2. The molecule has 11 nitrogen and oxygen atoms in total. The van der Waals surface area contributed by atoms with Crippen LogP contribution in [0.25, 0.3) is 22.2 Å². The van der Waals surface area contributed by atoms with Crippen molar-refractivity contribution in [2.75, 3.05) is 13.7 Å². The van der Waals surface area contributed by atoms with Gasteiger partial charge < -0.3 is 25.3 Å². The summed E-state index contributed by atoms with van der Waals surface area (Å²) in [6, 6.07) is 9.88. The Balaban J connectivity index is 1.50. The van der Waals surface area contributed by atoms with Crippen LogP contribution < -0.4 is 15.8 Å². The van der Waals surface area contributed by atoms with E-state index in [1.807, 2.05) is 30.3 Å². The number of amides is 2. The Labute approximate surface area is 208 Å². The number of aromatic amines is 1. The van der Waals surface area contributed by atoms with Crippen molar-refractivity contribution in [1.82, 2.24) is 35.0 Å². The van der Waals surface area contributed by atoms with Crippen LogP contribution in [0.4, 0.5) is 0 Å². The topological polar surface area (TPSA) is 154 Å². The number of para-hydroxylation sites is 1. The molecule has 0 saturated carbocycles. The molecule has 0 aliphatic rings. The number of aromatic nitrogens is 6. The predicted octanol–water partition coefficient (Wildman–Crippen LogP) is 2.56. The van der Waals surface area contributed by atoms with Gasteiger partial charge in [-0.3, -0.25) is 9.59 Å². The first-order valence-corrected chi connectivity index (χ1v) is 11.9. The summed E-state index contributed by atoms with van der Waals surface area (Å²) in [4.78, 5) is 36.2. The second kappa shape index (κ2) is 11.9. The number of nitrogens with zero attached hydrogens (tertiary/aromatic N) is 5. The lowest BCUT2D eigenvalue weighted by Gasteiger charge is -2.16. The van der Waals surface area contributed by atoms with Crippen molar-refractivity contribution in [3.63, 3.8) is 0 Å². The number of pyridine rings is 1. The molecule has 36 heavy (non-hydrogen) atoms. The molecule has 4 aromatic rings. The number of benzene rings is 1. The molecule has 0 spiro atoms. The van der Waals surface area contributed by atoms with E-state index in [1.54, 1.807) is 17.9 Å². The van der Waals surface area contributed by atoms with E-state index in [0.717, 1.165) is 53.7 Å². The average molecular weight is 491 g/mol. The van der Waals surface area contributed by atoms with Crippen LogP contribution in [0.5, 0.6) is 5.88 Å². The molecule has 11 heteroatoms. The van der Waals surface area contributed by atoms with Crippen LogP contribution in [-0.2, 0) is 16.1 Å². The number of methoxy groups -OCH3 is 1. The minimum atomic E-state index is -0.290. The molecule has 4 N–H and O–H groups in total. The summed E-state index contributed by atoms with van der Waals surface area (Å²) in [7, 11) is 1.60. The number of hydrogen-bond acceptors (Lipinski definition) is 7. The number of H-pyrrole nitrogens is 1. The van der Waals surface area contributed by atoms with Gasteiger partial charge in [0.05, 0.1) is 30.1 Å². The molecular formula is C25H30N8O3. The minimum Gasteiger partial charge on any atom is -0.480 e. The van der Waals surface area contributed by atoms with E-state index in [1.165, 1.54) is 12.7 Å². The van der Waals surface area contributed by atoms with Crippen LogP contribution in [0.1, 0.15) is 43.8 Å². The number of rotatable bonds is 13. The molecule has 0 bridgehead atoms. The van der Waals surface area contributed by atoms with Crippen LogP contribution in [0.3, 0.4) is 0 Å². The molecule has 0 aliphatic heterocycles.